The number of benzene rings is 2. The van der Waals surface area contributed by atoms with E-state index in [1.807, 2.05) is 26.0 Å². The third kappa shape index (κ3) is 16.7. The summed E-state index contributed by atoms with van der Waals surface area (Å²) in [6.45, 7) is 12.6. The second-order valence-corrected chi connectivity index (χ2v) is 26.0. The lowest BCUT2D eigenvalue weighted by Crippen LogP contribution is -2.50. The standard InChI is InChI=1S/C29H40N4O5S.C18H31N3O3S.C11H10BrNO2/c1-3-4-5-6-7-8-9-10-25-30-28(36)29(31-25)16-18-32(19-17-29)39(37,38)20-15-23-11-12-24(21-22(23)2)33-26(34)13-14-27(33)35;1-3-5-6-7-8-9-10-11-16-19-17(22)18(20-16)12-14-21(15-13-18)25(23,24)4-2;1-7-6-8(2-3-9(7)12)13-10(14)4-5-11(13)15/h11-12,15,20-21H,3-10,13-14,16-19H2,1-2H3,(H,30,31,36);4H,2-3,5-15H2,1H3,(H,19,20,22);2-3,6H,4-5H2,1H3/b20-15+;;. The lowest BCUT2D eigenvalue weighted by atomic mass is 9.89. The number of amidine groups is 2. The molecule has 21 heteroatoms. The van der Waals surface area contributed by atoms with E-state index in [1.54, 1.807) is 24.3 Å². The van der Waals surface area contributed by atoms with E-state index in [9.17, 15) is 45.6 Å². The number of piperidine rings is 2. The van der Waals surface area contributed by atoms with Crippen LogP contribution in [0.1, 0.15) is 185 Å². The van der Waals surface area contributed by atoms with Gasteiger partial charge in [-0.25, -0.2) is 16.8 Å². The van der Waals surface area contributed by atoms with Gasteiger partial charge in [-0.3, -0.25) is 48.6 Å². The van der Waals surface area contributed by atoms with Crippen molar-refractivity contribution in [2.45, 2.75) is 193 Å². The topological polar surface area (TPSA) is 232 Å². The molecule has 2 aromatic rings. The number of rotatable bonds is 23. The Labute approximate surface area is 476 Å². The Morgan fingerprint density at radius 3 is 1.33 bits per heavy atom. The molecule has 0 aromatic heterocycles. The minimum Gasteiger partial charge on any atom is -0.312 e. The van der Waals surface area contributed by atoms with Crippen molar-refractivity contribution in [2.75, 3.05) is 36.0 Å². The van der Waals surface area contributed by atoms with Gasteiger partial charge in [0.2, 0.25) is 43.7 Å². The Balaban J connectivity index is 0.000000214. The van der Waals surface area contributed by atoms with Crippen molar-refractivity contribution < 1.29 is 45.6 Å². The Kier molecular flexibility index (Phi) is 23.1. The van der Waals surface area contributed by atoms with Gasteiger partial charge in [-0.05, 0) is 105 Å². The number of hydrogen-bond donors (Lipinski definition) is 2. The lowest BCUT2D eigenvalue weighted by Gasteiger charge is -2.34. The maximum atomic E-state index is 13.1. The first-order chi connectivity index (χ1) is 37.7. The normalized spacial score (nSPS) is 19.4. The van der Waals surface area contributed by atoms with Crippen LogP contribution in [0.3, 0.4) is 0 Å². The number of carbonyl (C=O) groups is 6. The van der Waals surface area contributed by atoms with Gasteiger partial charge in [0, 0.05) is 80.0 Å². The zero-order valence-corrected chi connectivity index (χ0v) is 49.9. The molecular formula is C58H81BrN8O10S2. The molecule has 432 valence electrons. The van der Waals surface area contributed by atoms with Crippen LogP contribution in [0.4, 0.5) is 11.4 Å². The number of anilines is 2. The molecule has 8 rings (SSSR count). The fraction of sp³-hybridized carbons (Fsp3) is 0.586. The van der Waals surface area contributed by atoms with Crippen molar-refractivity contribution in [1.82, 2.24) is 19.2 Å². The summed E-state index contributed by atoms with van der Waals surface area (Å²) in [6.07, 6.45) is 22.7. The van der Waals surface area contributed by atoms with Crippen LogP contribution >= 0.6 is 15.9 Å². The highest BCUT2D eigenvalue weighted by Crippen LogP contribution is 2.34. The first kappa shape index (κ1) is 63.0. The van der Waals surface area contributed by atoms with E-state index in [0.29, 0.717) is 68.6 Å². The maximum absolute atomic E-state index is 13.1. The molecule has 6 aliphatic rings. The number of halogens is 1. The summed E-state index contributed by atoms with van der Waals surface area (Å²) >= 11 is 3.38. The molecule has 4 saturated heterocycles. The Morgan fingerprint density at radius 1 is 0.557 bits per heavy atom. The van der Waals surface area contributed by atoms with Crippen LogP contribution in [-0.4, -0.2) is 110 Å². The number of unbranched alkanes of at least 4 members (excludes halogenated alkanes) is 12. The van der Waals surface area contributed by atoms with Crippen LogP contribution in [0.2, 0.25) is 0 Å². The highest BCUT2D eigenvalue weighted by atomic mass is 79.9. The molecule has 6 amide bonds. The minimum atomic E-state index is -3.69. The molecule has 18 nitrogen and oxygen atoms in total. The van der Waals surface area contributed by atoms with E-state index in [0.717, 1.165) is 71.2 Å². The van der Waals surface area contributed by atoms with Gasteiger partial charge in [0.1, 0.15) is 22.7 Å². The first-order valence-electron chi connectivity index (χ1n) is 28.4. The van der Waals surface area contributed by atoms with Crippen molar-refractivity contribution in [3.63, 3.8) is 0 Å². The summed E-state index contributed by atoms with van der Waals surface area (Å²) in [6, 6.07) is 10.6. The largest absolute Gasteiger partial charge is 0.312 e. The van der Waals surface area contributed by atoms with Crippen molar-refractivity contribution in [1.29, 1.82) is 0 Å². The SMILES string of the molecule is C=CS(=O)(=O)N1CCC2(CC1)N=C(CCCCCCCCC)NC2=O.CCCCCCCCCC1=NC2(CCN(S(=O)(=O)/C=C/c3ccc(N4C(=O)CCC4=O)cc3C)CC2)C(=O)N1.Cc1cc(N2C(=O)CCC2=O)ccc1Br. The molecule has 6 heterocycles. The van der Waals surface area contributed by atoms with E-state index in [-0.39, 0.29) is 61.4 Å². The van der Waals surface area contributed by atoms with Gasteiger partial charge in [-0.1, -0.05) is 119 Å². The van der Waals surface area contributed by atoms with Crippen LogP contribution in [0.25, 0.3) is 6.08 Å². The fourth-order valence-corrected chi connectivity index (χ4v) is 13.0. The van der Waals surface area contributed by atoms with Crippen molar-refractivity contribution in [3.05, 3.63) is 75.0 Å². The number of nitrogens with one attached hydrogen (secondary N) is 2. The van der Waals surface area contributed by atoms with Crippen molar-refractivity contribution in [2.24, 2.45) is 9.98 Å². The minimum absolute atomic E-state index is 0.0684. The highest BCUT2D eigenvalue weighted by Gasteiger charge is 2.48. The average molecular weight is 1190 g/mol. The molecule has 79 heavy (non-hydrogen) atoms. The van der Waals surface area contributed by atoms with Gasteiger partial charge >= 0.3 is 0 Å². The first-order valence-corrected chi connectivity index (χ1v) is 32.2. The monoisotopic (exact) mass is 1190 g/mol. The summed E-state index contributed by atoms with van der Waals surface area (Å²) in [7, 11) is -7.10. The maximum Gasteiger partial charge on any atom is 0.253 e. The molecule has 0 unspecified atom stereocenters. The summed E-state index contributed by atoms with van der Waals surface area (Å²) in [5.74, 6) is 0.666. The third-order valence-electron chi connectivity index (χ3n) is 15.6. The molecule has 4 fully saturated rings. The van der Waals surface area contributed by atoms with Gasteiger partial charge in [-0.2, -0.15) is 8.61 Å². The zero-order chi connectivity index (χ0) is 57.4. The zero-order valence-electron chi connectivity index (χ0n) is 46.7. The molecule has 0 bridgehead atoms. The van der Waals surface area contributed by atoms with Gasteiger partial charge in [0.05, 0.1) is 11.4 Å². The summed E-state index contributed by atoms with van der Waals surface area (Å²) in [5.41, 5.74) is 2.01. The van der Waals surface area contributed by atoms with E-state index >= 15 is 0 Å². The number of imide groups is 2. The molecule has 0 radical (unpaired) electrons. The Bertz CT molecular complexity index is 2860. The Hall–Kier alpha value is -5.22. The molecule has 0 atom stereocenters. The number of carbonyl (C=O) groups excluding carboxylic acids is 6. The molecule has 6 aliphatic heterocycles. The van der Waals surface area contributed by atoms with Crippen LogP contribution in [-0.2, 0) is 48.8 Å². The molecule has 0 aliphatic carbocycles. The predicted octanol–water partition coefficient (Wildman–Crippen LogP) is 9.83. The fourth-order valence-electron chi connectivity index (χ4n) is 10.6. The summed E-state index contributed by atoms with van der Waals surface area (Å²) in [5, 5.41) is 8.01. The van der Waals surface area contributed by atoms with E-state index in [2.05, 4.69) is 52.0 Å². The number of hydrogen-bond acceptors (Lipinski definition) is 12. The van der Waals surface area contributed by atoms with Crippen LogP contribution < -0.4 is 20.4 Å². The molecule has 2 spiro atoms. The number of aliphatic imine (C=N–C) groups is 2. The third-order valence-corrected chi connectivity index (χ3v) is 19.5. The summed E-state index contributed by atoms with van der Waals surface area (Å²) < 4.78 is 53.6. The second kappa shape index (κ2) is 29.0. The summed E-state index contributed by atoms with van der Waals surface area (Å²) in [4.78, 5) is 84.0. The predicted molar refractivity (Wildman–Crippen MR) is 314 cm³/mol. The van der Waals surface area contributed by atoms with Gasteiger partial charge in [0.25, 0.3) is 11.8 Å². The molecule has 2 N–H and O–H groups in total. The van der Waals surface area contributed by atoms with Gasteiger partial charge in [0.15, 0.2) is 0 Å². The van der Waals surface area contributed by atoms with E-state index in [4.69, 9.17) is 4.99 Å². The molecular weight excluding hydrogens is 1110 g/mol. The average Bonchev–Trinajstić information content (AvgIpc) is 4.16. The van der Waals surface area contributed by atoms with Crippen molar-refractivity contribution >= 4 is 101 Å². The number of nitrogens with zero attached hydrogens (tertiary/aromatic N) is 6. The van der Waals surface area contributed by atoms with E-state index < -0.39 is 31.1 Å². The molecule has 2 aromatic carbocycles. The van der Waals surface area contributed by atoms with E-state index in [1.165, 1.54) is 94.1 Å². The molecule has 0 saturated carbocycles. The number of sulfonamides is 2. The second-order valence-electron chi connectivity index (χ2n) is 21.4. The number of aryl methyl sites for hydroxylation is 2. The lowest BCUT2D eigenvalue weighted by molar-refractivity contribution is -0.125. The quantitative estimate of drug-likeness (QED) is 0.0789. The van der Waals surface area contributed by atoms with Crippen LogP contribution in [0.5, 0.6) is 0 Å². The van der Waals surface area contributed by atoms with Crippen LogP contribution in [0.15, 0.2) is 68.3 Å². The van der Waals surface area contributed by atoms with Crippen molar-refractivity contribution in [3.8, 4) is 0 Å². The number of amides is 6. The highest BCUT2D eigenvalue weighted by molar-refractivity contribution is 9.10. The smallest absolute Gasteiger partial charge is 0.253 e. The van der Waals surface area contributed by atoms with Gasteiger partial charge < -0.3 is 10.6 Å². The van der Waals surface area contributed by atoms with Crippen LogP contribution in [0, 0.1) is 13.8 Å². The van der Waals surface area contributed by atoms with Gasteiger partial charge in [-0.15, -0.1) is 0 Å². The Morgan fingerprint density at radius 2 is 0.937 bits per heavy atom.